The molecule has 0 radical (unpaired) electrons. The second-order valence-corrected chi connectivity index (χ2v) is 6.48. The van der Waals surface area contributed by atoms with Crippen LogP contribution in [0.1, 0.15) is 27.2 Å². The largest absolute Gasteiger partial charge is 0.492 e. The highest BCUT2D eigenvalue weighted by molar-refractivity contribution is 7.99. The Kier molecular flexibility index (Phi) is 7.35. The highest BCUT2D eigenvalue weighted by Gasteiger charge is 2.13. The first-order chi connectivity index (χ1) is 11.2. The minimum absolute atomic E-state index is 0.602. The van der Waals surface area contributed by atoms with Crippen molar-refractivity contribution in [2.75, 3.05) is 25.6 Å². The minimum atomic E-state index is 0.602. The lowest BCUT2D eigenvalue weighted by atomic mass is 10.1. The molecule has 0 spiro atoms. The molecule has 2 rings (SSSR count). The van der Waals surface area contributed by atoms with Crippen molar-refractivity contribution in [3.63, 3.8) is 0 Å². The minimum Gasteiger partial charge on any atom is -0.492 e. The molecule has 0 atom stereocenters. The first-order valence-corrected chi connectivity index (χ1v) is 8.92. The van der Waals surface area contributed by atoms with Crippen LogP contribution >= 0.6 is 11.8 Å². The van der Waals surface area contributed by atoms with Crippen molar-refractivity contribution in [3.05, 3.63) is 24.3 Å². The van der Waals surface area contributed by atoms with E-state index in [0.29, 0.717) is 19.1 Å². The van der Waals surface area contributed by atoms with Gasteiger partial charge in [-0.15, -0.1) is 5.10 Å². The second-order valence-electron chi connectivity index (χ2n) is 5.42. The molecule has 0 aliphatic heterocycles. The van der Waals surface area contributed by atoms with Gasteiger partial charge in [0.1, 0.15) is 11.4 Å². The smallest absolute Gasteiger partial charge is 0.214 e. The summed E-state index contributed by atoms with van der Waals surface area (Å²) in [5, 5.41) is 12.7. The number of aromatic nitrogens is 4. The zero-order chi connectivity index (χ0) is 16.5. The highest BCUT2D eigenvalue weighted by Crippen LogP contribution is 2.25. The van der Waals surface area contributed by atoms with Gasteiger partial charge in [-0.2, -0.15) is 4.68 Å². The Morgan fingerprint density at radius 1 is 1.22 bits per heavy atom. The van der Waals surface area contributed by atoms with Crippen LogP contribution in [0.3, 0.4) is 0 Å². The summed E-state index contributed by atoms with van der Waals surface area (Å²) in [6.45, 7) is 8.45. The SMILES string of the molecule is CCOc1ccccc1-n1nnnc1SCCOCCC(C)C. The maximum Gasteiger partial charge on any atom is 0.214 e. The molecule has 0 unspecified atom stereocenters. The van der Waals surface area contributed by atoms with Crippen LogP contribution in [0.5, 0.6) is 5.75 Å². The fourth-order valence-electron chi connectivity index (χ4n) is 1.94. The molecule has 1 aromatic carbocycles. The molecule has 0 bridgehead atoms. The molecule has 0 saturated heterocycles. The lowest BCUT2D eigenvalue weighted by molar-refractivity contribution is 0.138. The normalized spacial score (nSPS) is 11.1. The Bertz CT molecular complexity index is 589. The van der Waals surface area contributed by atoms with Gasteiger partial charge in [-0.05, 0) is 41.8 Å². The zero-order valence-corrected chi connectivity index (χ0v) is 14.8. The van der Waals surface area contributed by atoms with E-state index >= 15 is 0 Å². The van der Waals surface area contributed by atoms with Crippen LogP contribution in [0.4, 0.5) is 0 Å². The van der Waals surface area contributed by atoms with Gasteiger partial charge in [0, 0.05) is 12.4 Å². The highest BCUT2D eigenvalue weighted by atomic mass is 32.2. The number of ether oxygens (including phenoxy) is 2. The Hall–Kier alpha value is -1.60. The van der Waals surface area contributed by atoms with E-state index in [2.05, 4.69) is 29.4 Å². The quantitative estimate of drug-likeness (QED) is 0.490. The summed E-state index contributed by atoms with van der Waals surface area (Å²) in [5.41, 5.74) is 0.850. The van der Waals surface area contributed by atoms with Gasteiger partial charge in [-0.1, -0.05) is 37.7 Å². The predicted molar refractivity (Wildman–Crippen MR) is 91.3 cm³/mol. The van der Waals surface area contributed by atoms with Crippen LogP contribution < -0.4 is 4.74 Å². The Labute approximate surface area is 141 Å². The van der Waals surface area contributed by atoms with Crippen molar-refractivity contribution < 1.29 is 9.47 Å². The molecule has 0 saturated carbocycles. The Balaban J connectivity index is 1.92. The maximum absolute atomic E-state index is 5.65. The number of para-hydroxylation sites is 2. The van der Waals surface area contributed by atoms with Gasteiger partial charge in [-0.25, -0.2) is 0 Å². The van der Waals surface area contributed by atoms with Crippen LogP contribution in [0.2, 0.25) is 0 Å². The van der Waals surface area contributed by atoms with Crippen LogP contribution in [0.25, 0.3) is 5.69 Å². The lowest BCUT2D eigenvalue weighted by Crippen LogP contribution is -2.05. The molecule has 6 nitrogen and oxygen atoms in total. The van der Waals surface area contributed by atoms with Crippen molar-refractivity contribution in [2.45, 2.75) is 32.3 Å². The number of tetrazole rings is 1. The third-order valence-electron chi connectivity index (χ3n) is 3.13. The molecule has 0 aliphatic carbocycles. The summed E-state index contributed by atoms with van der Waals surface area (Å²) in [6, 6.07) is 7.76. The molecule has 126 valence electrons. The third kappa shape index (κ3) is 5.51. The number of hydrogen-bond donors (Lipinski definition) is 0. The van der Waals surface area contributed by atoms with E-state index in [4.69, 9.17) is 9.47 Å². The Morgan fingerprint density at radius 2 is 2.04 bits per heavy atom. The zero-order valence-electron chi connectivity index (χ0n) is 13.9. The molecule has 0 aliphatic rings. The molecule has 0 fully saturated rings. The summed E-state index contributed by atoms with van der Waals surface area (Å²) >= 11 is 1.58. The van der Waals surface area contributed by atoms with Gasteiger partial charge >= 0.3 is 0 Å². The van der Waals surface area contributed by atoms with Crippen LogP contribution in [0.15, 0.2) is 29.4 Å². The summed E-state index contributed by atoms with van der Waals surface area (Å²) in [6.07, 6.45) is 1.09. The van der Waals surface area contributed by atoms with Gasteiger partial charge in [0.15, 0.2) is 0 Å². The molecule has 23 heavy (non-hydrogen) atoms. The van der Waals surface area contributed by atoms with Crippen LogP contribution in [-0.4, -0.2) is 45.8 Å². The molecular formula is C16H24N4O2S. The number of benzene rings is 1. The van der Waals surface area contributed by atoms with Gasteiger partial charge in [0.2, 0.25) is 5.16 Å². The number of thioether (sulfide) groups is 1. The average molecular weight is 336 g/mol. The lowest BCUT2D eigenvalue weighted by Gasteiger charge is -2.10. The van der Waals surface area contributed by atoms with E-state index in [1.54, 1.807) is 16.4 Å². The number of hydrogen-bond acceptors (Lipinski definition) is 6. The predicted octanol–water partition coefficient (Wildman–Crippen LogP) is 3.22. The number of nitrogens with zero attached hydrogens (tertiary/aromatic N) is 4. The van der Waals surface area contributed by atoms with Crippen LogP contribution in [0, 0.1) is 5.92 Å². The molecular weight excluding hydrogens is 312 g/mol. The van der Waals surface area contributed by atoms with Gasteiger partial charge < -0.3 is 9.47 Å². The third-order valence-corrected chi connectivity index (χ3v) is 4.02. The maximum atomic E-state index is 5.65. The fourth-order valence-corrected chi connectivity index (χ4v) is 2.68. The van der Waals surface area contributed by atoms with Crippen molar-refractivity contribution in [1.82, 2.24) is 20.2 Å². The van der Waals surface area contributed by atoms with Crippen molar-refractivity contribution in [1.29, 1.82) is 0 Å². The monoisotopic (exact) mass is 336 g/mol. The molecule has 0 amide bonds. The molecule has 2 aromatic rings. The summed E-state index contributed by atoms with van der Waals surface area (Å²) < 4.78 is 13.0. The summed E-state index contributed by atoms with van der Waals surface area (Å²) in [5.74, 6) is 2.26. The summed E-state index contributed by atoms with van der Waals surface area (Å²) in [4.78, 5) is 0. The van der Waals surface area contributed by atoms with E-state index < -0.39 is 0 Å². The van der Waals surface area contributed by atoms with E-state index in [9.17, 15) is 0 Å². The molecule has 0 N–H and O–H groups in total. The Morgan fingerprint density at radius 3 is 2.83 bits per heavy atom. The van der Waals surface area contributed by atoms with Crippen LogP contribution in [-0.2, 0) is 4.74 Å². The van der Waals surface area contributed by atoms with Gasteiger partial charge in [-0.3, -0.25) is 0 Å². The van der Waals surface area contributed by atoms with E-state index in [1.807, 2.05) is 31.2 Å². The number of rotatable bonds is 10. The van der Waals surface area contributed by atoms with E-state index in [-0.39, 0.29) is 0 Å². The topological polar surface area (TPSA) is 62.1 Å². The molecule has 1 aromatic heterocycles. The second kappa shape index (κ2) is 9.52. The van der Waals surface area contributed by atoms with Crippen molar-refractivity contribution >= 4 is 11.8 Å². The van der Waals surface area contributed by atoms with Crippen molar-refractivity contribution in [2.24, 2.45) is 5.92 Å². The van der Waals surface area contributed by atoms with E-state index in [1.165, 1.54) is 0 Å². The standard InChI is InChI=1S/C16H24N4O2S/c1-4-22-15-8-6-5-7-14(15)20-16(17-18-19-20)23-12-11-21-10-9-13(2)3/h5-8,13H,4,9-12H2,1-3H3. The molecule has 1 heterocycles. The molecule has 7 heteroatoms. The van der Waals surface area contributed by atoms with Crippen molar-refractivity contribution in [3.8, 4) is 11.4 Å². The van der Waals surface area contributed by atoms with Gasteiger partial charge in [0.25, 0.3) is 0 Å². The first kappa shape index (κ1) is 17.7. The fraction of sp³-hybridized carbons (Fsp3) is 0.562. The average Bonchev–Trinajstić information content (AvgIpc) is 2.99. The van der Waals surface area contributed by atoms with E-state index in [0.717, 1.165) is 35.4 Å². The first-order valence-electron chi connectivity index (χ1n) is 7.93. The van der Waals surface area contributed by atoms with Gasteiger partial charge in [0.05, 0.1) is 13.2 Å². The summed E-state index contributed by atoms with van der Waals surface area (Å²) in [7, 11) is 0.